The standard InChI is InChI=1S/C20H18N2O4S/c1-15-8-7-11-17(14-15)27(24,25)26-19-13-6-5-12-18(19)22-20(23)21-16-9-3-2-4-10-16/h2-14H,1H3,(H2,21,22,23). The van der Waals surface area contributed by atoms with Crippen LogP contribution in [0.1, 0.15) is 5.56 Å². The van der Waals surface area contributed by atoms with E-state index < -0.39 is 16.1 Å². The van der Waals surface area contributed by atoms with Crippen LogP contribution in [-0.2, 0) is 10.1 Å². The summed E-state index contributed by atoms with van der Waals surface area (Å²) in [5.41, 5.74) is 1.65. The lowest BCUT2D eigenvalue weighted by Crippen LogP contribution is -2.20. The van der Waals surface area contributed by atoms with Gasteiger partial charge in [0, 0.05) is 5.69 Å². The van der Waals surface area contributed by atoms with Gasteiger partial charge in [0.15, 0.2) is 5.75 Å². The van der Waals surface area contributed by atoms with Gasteiger partial charge in [-0.15, -0.1) is 0 Å². The Hall–Kier alpha value is -3.32. The van der Waals surface area contributed by atoms with Gasteiger partial charge in [-0.25, -0.2) is 4.79 Å². The predicted octanol–water partition coefficient (Wildman–Crippen LogP) is 4.41. The molecule has 0 fully saturated rings. The Morgan fingerprint density at radius 3 is 2.30 bits per heavy atom. The maximum absolute atomic E-state index is 12.5. The van der Waals surface area contributed by atoms with Crippen LogP contribution in [0.15, 0.2) is 83.8 Å². The molecular weight excluding hydrogens is 364 g/mol. The van der Waals surface area contributed by atoms with Crippen LogP contribution in [0.3, 0.4) is 0 Å². The number of para-hydroxylation sites is 3. The van der Waals surface area contributed by atoms with Gasteiger partial charge in [-0.1, -0.05) is 42.5 Å². The fourth-order valence-electron chi connectivity index (χ4n) is 2.39. The van der Waals surface area contributed by atoms with Crippen LogP contribution in [0.2, 0.25) is 0 Å². The highest BCUT2D eigenvalue weighted by molar-refractivity contribution is 7.87. The number of benzene rings is 3. The van der Waals surface area contributed by atoms with Crippen molar-refractivity contribution in [1.82, 2.24) is 0 Å². The molecule has 3 rings (SSSR count). The third-order valence-electron chi connectivity index (χ3n) is 3.64. The summed E-state index contributed by atoms with van der Waals surface area (Å²) in [7, 11) is -4.02. The lowest BCUT2D eigenvalue weighted by atomic mass is 10.2. The third-order valence-corrected chi connectivity index (χ3v) is 4.87. The Balaban J connectivity index is 1.79. The summed E-state index contributed by atoms with van der Waals surface area (Å²) in [6, 6.07) is 21.1. The number of carbonyl (C=O) groups excluding carboxylic acids is 1. The van der Waals surface area contributed by atoms with Crippen LogP contribution in [0.25, 0.3) is 0 Å². The number of nitrogens with one attached hydrogen (secondary N) is 2. The Bertz CT molecular complexity index is 1050. The molecule has 3 aromatic rings. The maximum atomic E-state index is 12.5. The molecule has 0 aliphatic heterocycles. The largest absolute Gasteiger partial charge is 0.377 e. The number of amides is 2. The zero-order chi connectivity index (χ0) is 19.3. The fraction of sp³-hybridized carbons (Fsp3) is 0.0500. The van der Waals surface area contributed by atoms with Crippen molar-refractivity contribution in [1.29, 1.82) is 0 Å². The SMILES string of the molecule is Cc1cccc(S(=O)(=O)Oc2ccccc2NC(=O)Nc2ccccc2)c1. The number of aryl methyl sites for hydroxylation is 1. The van der Waals surface area contributed by atoms with Crippen molar-refractivity contribution >= 4 is 27.5 Å². The van der Waals surface area contributed by atoms with Crippen LogP contribution >= 0.6 is 0 Å². The van der Waals surface area contributed by atoms with Crippen molar-refractivity contribution in [3.8, 4) is 5.75 Å². The molecule has 0 spiro atoms. The van der Waals surface area contributed by atoms with Gasteiger partial charge >= 0.3 is 16.1 Å². The summed E-state index contributed by atoms with van der Waals surface area (Å²) in [6.45, 7) is 1.79. The quantitative estimate of drug-likeness (QED) is 0.640. The van der Waals surface area contributed by atoms with E-state index in [4.69, 9.17) is 4.18 Å². The van der Waals surface area contributed by atoms with E-state index in [0.717, 1.165) is 5.56 Å². The second-order valence-electron chi connectivity index (χ2n) is 5.80. The number of hydrogen-bond acceptors (Lipinski definition) is 4. The van der Waals surface area contributed by atoms with Crippen molar-refractivity contribution in [2.75, 3.05) is 10.6 Å². The molecule has 27 heavy (non-hydrogen) atoms. The second kappa shape index (κ2) is 7.92. The molecule has 6 nitrogen and oxygen atoms in total. The molecule has 2 N–H and O–H groups in total. The van der Waals surface area contributed by atoms with Gasteiger partial charge in [0.2, 0.25) is 0 Å². The molecule has 0 radical (unpaired) electrons. The molecule has 0 atom stereocenters. The molecule has 2 amide bonds. The molecular formula is C20H18N2O4S. The summed E-state index contributed by atoms with van der Waals surface area (Å²) in [4.78, 5) is 12.2. The number of urea groups is 1. The molecule has 0 aromatic heterocycles. The minimum atomic E-state index is -4.02. The van der Waals surface area contributed by atoms with Crippen LogP contribution in [-0.4, -0.2) is 14.4 Å². The van der Waals surface area contributed by atoms with E-state index in [1.54, 1.807) is 61.5 Å². The molecule has 0 heterocycles. The Kier molecular flexibility index (Phi) is 5.42. The molecule has 0 saturated carbocycles. The first-order valence-corrected chi connectivity index (χ1v) is 9.58. The third kappa shape index (κ3) is 4.86. The number of rotatable bonds is 5. The van der Waals surface area contributed by atoms with Gasteiger partial charge in [-0.2, -0.15) is 8.42 Å². The minimum absolute atomic E-state index is 0.0298. The Morgan fingerprint density at radius 2 is 1.56 bits per heavy atom. The predicted molar refractivity (Wildman–Crippen MR) is 105 cm³/mol. The van der Waals surface area contributed by atoms with E-state index in [1.165, 1.54) is 18.2 Å². The first kappa shape index (κ1) is 18.5. The molecule has 0 aliphatic rings. The van der Waals surface area contributed by atoms with Crippen molar-refractivity contribution in [2.45, 2.75) is 11.8 Å². The van der Waals surface area contributed by atoms with E-state index >= 15 is 0 Å². The van der Waals surface area contributed by atoms with E-state index in [1.807, 2.05) is 6.07 Å². The van der Waals surface area contributed by atoms with Gasteiger partial charge in [0.25, 0.3) is 0 Å². The van der Waals surface area contributed by atoms with E-state index in [-0.39, 0.29) is 16.3 Å². The summed E-state index contributed by atoms with van der Waals surface area (Å²) in [5.74, 6) is 0.0298. The van der Waals surface area contributed by atoms with Gasteiger partial charge in [0.05, 0.1) is 5.69 Å². The monoisotopic (exact) mass is 382 g/mol. The molecule has 0 saturated heterocycles. The first-order chi connectivity index (χ1) is 12.9. The number of carbonyl (C=O) groups is 1. The van der Waals surface area contributed by atoms with Gasteiger partial charge in [-0.05, 0) is 48.9 Å². The van der Waals surface area contributed by atoms with Crippen LogP contribution in [0.4, 0.5) is 16.2 Å². The van der Waals surface area contributed by atoms with E-state index in [0.29, 0.717) is 5.69 Å². The highest BCUT2D eigenvalue weighted by Crippen LogP contribution is 2.27. The molecule has 3 aromatic carbocycles. The average molecular weight is 382 g/mol. The number of hydrogen-bond donors (Lipinski definition) is 2. The Labute approximate surface area is 157 Å². The lowest BCUT2D eigenvalue weighted by Gasteiger charge is -2.13. The van der Waals surface area contributed by atoms with Gasteiger partial charge in [0.1, 0.15) is 4.90 Å². The van der Waals surface area contributed by atoms with Crippen molar-refractivity contribution in [2.24, 2.45) is 0 Å². The molecule has 0 unspecified atom stereocenters. The van der Waals surface area contributed by atoms with E-state index in [9.17, 15) is 13.2 Å². The van der Waals surface area contributed by atoms with E-state index in [2.05, 4.69) is 10.6 Å². The Morgan fingerprint density at radius 1 is 0.852 bits per heavy atom. The van der Waals surface area contributed by atoms with Crippen LogP contribution < -0.4 is 14.8 Å². The zero-order valence-electron chi connectivity index (χ0n) is 14.5. The fourth-order valence-corrected chi connectivity index (χ4v) is 3.44. The summed E-state index contributed by atoms with van der Waals surface area (Å²) in [5, 5.41) is 5.27. The van der Waals surface area contributed by atoms with Crippen molar-refractivity contribution < 1.29 is 17.4 Å². The smallest absolute Gasteiger partial charge is 0.339 e. The zero-order valence-corrected chi connectivity index (χ0v) is 15.4. The average Bonchev–Trinajstić information content (AvgIpc) is 2.64. The van der Waals surface area contributed by atoms with Crippen LogP contribution in [0, 0.1) is 6.92 Å². The molecule has 7 heteroatoms. The van der Waals surface area contributed by atoms with Crippen LogP contribution in [0.5, 0.6) is 5.75 Å². The highest BCUT2D eigenvalue weighted by atomic mass is 32.2. The van der Waals surface area contributed by atoms with Gasteiger partial charge < -0.3 is 14.8 Å². The molecule has 0 bridgehead atoms. The topological polar surface area (TPSA) is 84.5 Å². The normalized spacial score (nSPS) is 10.9. The second-order valence-corrected chi connectivity index (χ2v) is 7.34. The van der Waals surface area contributed by atoms with Crippen molar-refractivity contribution in [3.63, 3.8) is 0 Å². The lowest BCUT2D eigenvalue weighted by molar-refractivity contribution is 0.262. The van der Waals surface area contributed by atoms with Crippen molar-refractivity contribution in [3.05, 3.63) is 84.4 Å². The number of anilines is 2. The molecule has 0 aliphatic carbocycles. The molecule has 138 valence electrons. The summed E-state index contributed by atoms with van der Waals surface area (Å²) in [6.07, 6.45) is 0. The van der Waals surface area contributed by atoms with Gasteiger partial charge in [-0.3, -0.25) is 0 Å². The summed E-state index contributed by atoms with van der Waals surface area (Å²) < 4.78 is 30.3. The summed E-state index contributed by atoms with van der Waals surface area (Å²) >= 11 is 0. The first-order valence-electron chi connectivity index (χ1n) is 8.17. The maximum Gasteiger partial charge on any atom is 0.339 e. The highest BCUT2D eigenvalue weighted by Gasteiger charge is 2.19. The minimum Gasteiger partial charge on any atom is -0.377 e.